The summed E-state index contributed by atoms with van der Waals surface area (Å²) in [5.74, 6) is 0.422. The molecule has 3 fully saturated rings. The summed E-state index contributed by atoms with van der Waals surface area (Å²) in [5.41, 5.74) is 2.64. The number of halogens is 1. The molecule has 10 heteroatoms. The summed E-state index contributed by atoms with van der Waals surface area (Å²) in [7, 11) is 0. The van der Waals surface area contributed by atoms with Crippen molar-refractivity contribution < 1.29 is 13.9 Å². The second-order valence-corrected chi connectivity index (χ2v) is 9.58. The number of amides is 1. The Balaban J connectivity index is 1.19. The monoisotopic (exact) mass is 446 g/mol. The number of carbonyl (C=O) groups excluding carboxylic acids is 1. The van der Waals surface area contributed by atoms with E-state index in [9.17, 15) is 9.18 Å². The van der Waals surface area contributed by atoms with Crippen LogP contribution in [-0.4, -0.2) is 83.0 Å². The summed E-state index contributed by atoms with van der Waals surface area (Å²) >= 11 is 1.39. The maximum absolute atomic E-state index is 13.8. The molecular weight excluding hydrogens is 419 g/mol. The predicted molar refractivity (Wildman–Crippen MR) is 116 cm³/mol. The number of pyridine rings is 1. The van der Waals surface area contributed by atoms with Gasteiger partial charge in [0, 0.05) is 50.7 Å². The molecule has 0 bridgehead atoms. The van der Waals surface area contributed by atoms with Gasteiger partial charge in [-0.15, -0.1) is 10.2 Å². The van der Waals surface area contributed by atoms with Crippen LogP contribution in [0.25, 0.3) is 10.6 Å². The fourth-order valence-corrected chi connectivity index (χ4v) is 5.88. The molecule has 5 rings (SSSR count). The van der Waals surface area contributed by atoms with E-state index in [0.717, 1.165) is 51.5 Å². The molecule has 2 saturated heterocycles. The highest BCUT2D eigenvalue weighted by atomic mass is 32.1. The van der Waals surface area contributed by atoms with Crippen molar-refractivity contribution in [3.8, 4) is 10.6 Å². The van der Waals surface area contributed by atoms with Crippen molar-refractivity contribution in [2.45, 2.75) is 32.2 Å². The molecule has 166 valence electrons. The van der Waals surface area contributed by atoms with E-state index < -0.39 is 0 Å². The molecule has 2 aromatic heterocycles. The minimum atomic E-state index is -0.360. The van der Waals surface area contributed by atoms with E-state index in [0.29, 0.717) is 23.2 Å². The van der Waals surface area contributed by atoms with Crippen LogP contribution in [0.2, 0.25) is 0 Å². The number of rotatable bonds is 4. The first-order valence-corrected chi connectivity index (χ1v) is 11.8. The number of hydrogen-bond acceptors (Lipinski definition) is 8. The van der Waals surface area contributed by atoms with Crippen molar-refractivity contribution in [2.24, 2.45) is 5.41 Å². The molecule has 0 radical (unpaired) electrons. The van der Waals surface area contributed by atoms with Crippen LogP contribution in [0.15, 0.2) is 17.8 Å². The highest BCUT2D eigenvalue weighted by Gasteiger charge is 2.51. The topological polar surface area (TPSA) is 74.7 Å². The maximum atomic E-state index is 13.8. The van der Waals surface area contributed by atoms with Crippen molar-refractivity contribution in [1.29, 1.82) is 0 Å². The third-order valence-electron chi connectivity index (χ3n) is 6.81. The third-order valence-corrected chi connectivity index (χ3v) is 7.53. The lowest BCUT2D eigenvalue weighted by molar-refractivity contribution is -0.00294. The Kier molecular flexibility index (Phi) is 5.51. The van der Waals surface area contributed by atoms with Gasteiger partial charge in [0.15, 0.2) is 5.01 Å². The summed E-state index contributed by atoms with van der Waals surface area (Å²) in [6.07, 6.45) is 4.60. The molecule has 1 atom stereocenters. The summed E-state index contributed by atoms with van der Waals surface area (Å²) in [6, 6.07) is 2.07. The first-order chi connectivity index (χ1) is 15.1. The summed E-state index contributed by atoms with van der Waals surface area (Å²) in [4.78, 5) is 22.9. The maximum Gasteiger partial charge on any atom is 0.409 e. The summed E-state index contributed by atoms with van der Waals surface area (Å²) in [5, 5.41) is 8.70. The molecule has 3 aliphatic rings. The number of piperazine rings is 1. The van der Waals surface area contributed by atoms with Gasteiger partial charge in [0.25, 0.3) is 0 Å². The van der Waals surface area contributed by atoms with E-state index in [2.05, 4.69) is 25.0 Å². The van der Waals surface area contributed by atoms with Crippen LogP contribution in [0.4, 0.5) is 15.0 Å². The van der Waals surface area contributed by atoms with Gasteiger partial charge >= 0.3 is 6.09 Å². The van der Waals surface area contributed by atoms with Gasteiger partial charge in [0.05, 0.1) is 18.4 Å². The highest BCUT2D eigenvalue weighted by Crippen LogP contribution is 2.47. The first-order valence-electron chi connectivity index (χ1n) is 10.9. The standard InChI is InChI=1S/C21H27FN6O2S/c1-2-30-20(29)28-12-21(13-28)4-3-16(10-21)26-5-7-27(8-6-26)18-17(9-15(22)11-23-18)19-25-24-14-31-19/h9,11,14,16H,2-8,10,12-13H2,1H3/t16-/m1/s1. The summed E-state index contributed by atoms with van der Waals surface area (Å²) < 4.78 is 19.0. The Morgan fingerprint density at radius 2 is 2.13 bits per heavy atom. The molecule has 4 heterocycles. The number of carbonyl (C=O) groups is 1. The fraction of sp³-hybridized carbons (Fsp3) is 0.619. The lowest BCUT2D eigenvalue weighted by atomic mass is 9.78. The van der Waals surface area contributed by atoms with E-state index >= 15 is 0 Å². The molecule has 0 unspecified atom stereocenters. The Bertz CT molecular complexity index is 928. The zero-order valence-corrected chi connectivity index (χ0v) is 18.5. The molecule has 2 aromatic rings. The van der Waals surface area contributed by atoms with Gasteiger partial charge in [-0.3, -0.25) is 4.90 Å². The van der Waals surface area contributed by atoms with Gasteiger partial charge in [-0.2, -0.15) is 0 Å². The van der Waals surface area contributed by atoms with Crippen LogP contribution in [0.3, 0.4) is 0 Å². The van der Waals surface area contributed by atoms with E-state index in [1.165, 1.54) is 36.4 Å². The van der Waals surface area contributed by atoms with E-state index in [1.807, 2.05) is 11.8 Å². The molecule has 8 nitrogen and oxygen atoms in total. The largest absolute Gasteiger partial charge is 0.450 e. The normalized spacial score (nSPS) is 23.2. The number of likely N-dealkylation sites (tertiary alicyclic amines) is 1. The van der Waals surface area contributed by atoms with Crippen LogP contribution in [0, 0.1) is 11.2 Å². The average molecular weight is 447 g/mol. The lowest BCUT2D eigenvalue weighted by Crippen LogP contribution is -2.58. The smallest absolute Gasteiger partial charge is 0.409 e. The number of hydrogen-bond donors (Lipinski definition) is 0. The van der Waals surface area contributed by atoms with Gasteiger partial charge < -0.3 is 14.5 Å². The predicted octanol–water partition coefficient (Wildman–Crippen LogP) is 2.87. The zero-order chi connectivity index (χ0) is 21.4. The van der Waals surface area contributed by atoms with Crippen molar-refractivity contribution in [3.05, 3.63) is 23.6 Å². The average Bonchev–Trinajstić information content (AvgIpc) is 3.43. The van der Waals surface area contributed by atoms with Crippen LogP contribution in [0.1, 0.15) is 26.2 Å². The second kappa shape index (κ2) is 8.31. The molecule has 1 aliphatic carbocycles. The minimum Gasteiger partial charge on any atom is -0.450 e. The fourth-order valence-electron chi connectivity index (χ4n) is 5.31. The molecule has 0 N–H and O–H groups in total. The minimum absolute atomic E-state index is 0.178. The Labute approximate surface area is 185 Å². The van der Waals surface area contributed by atoms with Crippen molar-refractivity contribution in [3.63, 3.8) is 0 Å². The van der Waals surface area contributed by atoms with Gasteiger partial charge in [-0.1, -0.05) is 11.3 Å². The molecule has 31 heavy (non-hydrogen) atoms. The molecule has 1 spiro atoms. The molecule has 2 aliphatic heterocycles. The van der Waals surface area contributed by atoms with Crippen LogP contribution >= 0.6 is 11.3 Å². The van der Waals surface area contributed by atoms with E-state index in [1.54, 1.807) is 5.51 Å². The third kappa shape index (κ3) is 3.98. The number of nitrogens with zero attached hydrogens (tertiary/aromatic N) is 6. The van der Waals surface area contributed by atoms with Crippen molar-refractivity contribution in [1.82, 2.24) is 25.0 Å². The Morgan fingerprint density at radius 3 is 2.84 bits per heavy atom. The van der Waals surface area contributed by atoms with Crippen molar-refractivity contribution >= 4 is 23.2 Å². The van der Waals surface area contributed by atoms with Gasteiger partial charge in [0.2, 0.25) is 0 Å². The summed E-state index contributed by atoms with van der Waals surface area (Å²) in [6.45, 7) is 7.54. The Morgan fingerprint density at radius 1 is 1.32 bits per heavy atom. The second-order valence-electron chi connectivity index (χ2n) is 8.74. The first kappa shape index (κ1) is 20.6. The van der Waals surface area contributed by atoms with Crippen LogP contribution in [0.5, 0.6) is 0 Å². The number of anilines is 1. The molecular formula is C21H27FN6O2S. The van der Waals surface area contributed by atoms with Gasteiger partial charge in [-0.25, -0.2) is 14.2 Å². The Hall–Kier alpha value is -2.33. The number of aromatic nitrogens is 3. The van der Waals surface area contributed by atoms with Gasteiger partial charge in [0.1, 0.15) is 17.1 Å². The van der Waals surface area contributed by atoms with Crippen molar-refractivity contribution in [2.75, 3.05) is 50.8 Å². The molecule has 0 aromatic carbocycles. The van der Waals surface area contributed by atoms with E-state index in [4.69, 9.17) is 4.74 Å². The van der Waals surface area contributed by atoms with Crippen LogP contribution in [-0.2, 0) is 4.74 Å². The molecule has 1 saturated carbocycles. The lowest BCUT2D eigenvalue weighted by Gasteiger charge is -2.48. The molecule has 1 amide bonds. The van der Waals surface area contributed by atoms with Gasteiger partial charge in [-0.05, 0) is 32.3 Å². The SMILES string of the molecule is CCOC(=O)N1CC2(CC[C@@H](N3CCN(c4ncc(F)cc4-c4nncs4)CC3)C2)C1. The van der Waals surface area contributed by atoms with E-state index in [-0.39, 0.29) is 17.3 Å². The quantitative estimate of drug-likeness (QED) is 0.715. The highest BCUT2D eigenvalue weighted by molar-refractivity contribution is 7.12. The zero-order valence-electron chi connectivity index (χ0n) is 17.7. The van der Waals surface area contributed by atoms with Crippen LogP contribution < -0.4 is 4.90 Å². The number of ether oxygens (including phenoxy) is 1.